The van der Waals surface area contributed by atoms with Crippen LogP contribution in [0.2, 0.25) is 0 Å². The number of anilines is 1. The standard InChI is InChI=1S/C10H6BrF3N2.C2H6/c11-8-6-4-2-1-3-5(6)7(9(15)16-8)10(12,13)14;1-2/h1-4H,(H2,15,16);1-2H3. The van der Waals surface area contributed by atoms with E-state index in [0.717, 1.165) is 0 Å². The molecule has 0 fully saturated rings. The zero-order valence-electron chi connectivity index (χ0n) is 9.85. The van der Waals surface area contributed by atoms with Crippen LogP contribution in [0.15, 0.2) is 28.9 Å². The number of nitrogen functional groups attached to an aromatic ring is 1. The van der Waals surface area contributed by atoms with E-state index in [1.807, 2.05) is 13.8 Å². The molecule has 0 bridgehead atoms. The molecule has 1 aromatic heterocycles. The van der Waals surface area contributed by atoms with Crippen molar-refractivity contribution in [1.82, 2.24) is 4.98 Å². The second-order valence-corrected chi connectivity index (χ2v) is 3.96. The summed E-state index contributed by atoms with van der Waals surface area (Å²) in [5, 5.41) is 0.443. The molecule has 0 amide bonds. The van der Waals surface area contributed by atoms with E-state index in [0.29, 0.717) is 9.99 Å². The van der Waals surface area contributed by atoms with Gasteiger partial charge in [-0.1, -0.05) is 38.1 Å². The molecule has 0 unspecified atom stereocenters. The van der Waals surface area contributed by atoms with Crippen LogP contribution in [0.1, 0.15) is 19.4 Å². The maximum absolute atomic E-state index is 12.8. The molecule has 0 atom stereocenters. The number of nitrogens with two attached hydrogens (primary N) is 1. The Hall–Kier alpha value is -1.30. The second kappa shape index (κ2) is 5.56. The quantitative estimate of drug-likeness (QED) is 0.719. The number of aromatic nitrogens is 1. The lowest BCUT2D eigenvalue weighted by Gasteiger charge is -2.13. The molecular weight excluding hydrogens is 309 g/mol. The van der Waals surface area contributed by atoms with Gasteiger partial charge >= 0.3 is 6.18 Å². The molecule has 6 heteroatoms. The first-order valence-electron chi connectivity index (χ1n) is 5.32. The molecule has 18 heavy (non-hydrogen) atoms. The SMILES string of the molecule is CC.Nc1nc(Br)c2ccccc2c1C(F)(F)F. The van der Waals surface area contributed by atoms with Gasteiger partial charge in [-0.2, -0.15) is 13.2 Å². The molecule has 0 aliphatic rings. The van der Waals surface area contributed by atoms with Crippen LogP contribution in [-0.4, -0.2) is 4.98 Å². The highest BCUT2D eigenvalue weighted by atomic mass is 79.9. The molecule has 2 nitrogen and oxygen atoms in total. The van der Waals surface area contributed by atoms with Crippen molar-refractivity contribution >= 4 is 32.5 Å². The lowest BCUT2D eigenvalue weighted by atomic mass is 10.1. The van der Waals surface area contributed by atoms with Crippen LogP contribution >= 0.6 is 15.9 Å². The zero-order chi connectivity index (χ0) is 13.9. The highest BCUT2D eigenvalue weighted by Crippen LogP contribution is 2.39. The van der Waals surface area contributed by atoms with Gasteiger partial charge in [0, 0.05) is 10.8 Å². The van der Waals surface area contributed by atoms with Crippen molar-refractivity contribution in [3.05, 3.63) is 34.4 Å². The Balaban J connectivity index is 0.000000771. The molecule has 2 rings (SSSR count). The number of fused-ring (bicyclic) bond motifs is 1. The molecule has 0 aliphatic heterocycles. The van der Waals surface area contributed by atoms with Crippen molar-refractivity contribution in [3.8, 4) is 0 Å². The van der Waals surface area contributed by atoms with Gasteiger partial charge in [-0.25, -0.2) is 4.98 Å². The molecule has 0 saturated carbocycles. The van der Waals surface area contributed by atoms with Gasteiger partial charge < -0.3 is 5.73 Å². The number of hydrogen-bond acceptors (Lipinski definition) is 2. The first-order valence-corrected chi connectivity index (χ1v) is 6.11. The largest absolute Gasteiger partial charge is 0.420 e. The van der Waals surface area contributed by atoms with Gasteiger partial charge in [-0.05, 0) is 15.9 Å². The van der Waals surface area contributed by atoms with Crippen LogP contribution in [0.3, 0.4) is 0 Å². The molecule has 2 N–H and O–H groups in total. The third-order valence-electron chi connectivity index (χ3n) is 2.18. The average molecular weight is 321 g/mol. The van der Waals surface area contributed by atoms with Crippen molar-refractivity contribution < 1.29 is 13.2 Å². The number of benzene rings is 1. The van der Waals surface area contributed by atoms with E-state index < -0.39 is 17.6 Å². The van der Waals surface area contributed by atoms with E-state index in [4.69, 9.17) is 5.73 Å². The zero-order valence-corrected chi connectivity index (χ0v) is 11.4. The fraction of sp³-hybridized carbons (Fsp3) is 0.250. The van der Waals surface area contributed by atoms with Crippen molar-refractivity contribution in [3.63, 3.8) is 0 Å². The number of halogens is 4. The highest BCUT2D eigenvalue weighted by molar-refractivity contribution is 9.10. The van der Waals surface area contributed by atoms with Crippen LogP contribution < -0.4 is 5.73 Å². The van der Waals surface area contributed by atoms with Crippen LogP contribution in [0.25, 0.3) is 10.8 Å². The van der Waals surface area contributed by atoms with E-state index in [9.17, 15) is 13.2 Å². The Morgan fingerprint density at radius 3 is 2.11 bits per heavy atom. The maximum Gasteiger partial charge on any atom is 0.420 e. The van der Waals surface area contributed by atoms with Crippen LogP contribution in [-0.2, 0) is 6.18 Å². The molecule has 0 saturated heterocycles. The fourth-order valence-corrected chi connectivity index (χ4v) is 2.08. The minimum atomic E-state index is -4.50. The van der Waals surface area contributed by atoms with Gasteiger partial charge in [0.05, 0.1) is 0 Å². The summed E-state index contributed by atoms with van der Waals surface area (Å²) in [6, 6.07) is 6.11. The first-order chi connectivity index (χ1) is 8.41. The number of pyridine rings is 1. The van der Waals surface area contributed by atoms with E-state index in [2.05, 4.69) is 20.9 Å². The minimum Gasteiger partial charge on any atom is -0.383 e. The third-order valence-corrected chi connectivity index (χ3v) is 2.78. The third kappa shape index (κ3) is 2.75. The smallest absolute Gasteiger partial charge is 0.383 e. The predicted molar refractivity (Wildman–Crippen MR) is 70.2 cm³/mol. The molecular formula is C12H12BrF3N2. The fourth-order valence-electron chi connectivity index (χ4n) is 1.54. The molecule has 1 heterocycles. The van der Waals surface area contributed by atoms with Crippen molar-refractivity contribution in [2.45, 2.75) is 20.0 Å². The Bertz CT molecular complexity index is 553. The summed E-state index contributed by atoms with van der Waals surface area (Å²) < 4.78 is 38.6. The summed E-state index contributed by atoms with van der Waals surface area (Å²) in [7, 11) is 0. The van der Waals surface area contributed by atoms with Gasteiger partial charge in [0.1, 0.15) is 16.0 Å². The summed E-state index contributed by atoms with van der Waals surface area (Å²) in [4.78, 5) is 3.64. The van der Waals surface area contributed by atoms with Gasteiger partial charge in [0.15, 0.2) is 0 Å². The maximum atomic E-state index is 12.8. The lowest BCUT2D eigenvalue weighted by Crippen LogP contribution is -2.11. The van der Waals surface area contributed by atoms with Gasteiger partial charge in [-0.3, -0.25) is 0 Å². The molecule has 98 valence electrons. The molecule has 0 aliphatic carbocycles. The van der Waals surface area contributed by atoms with Crippen molar-refractivity contribution in [1.29, 1.82) is 0 Å². The van der Waals surface area contributed by atoms with E-state index >= 15 is 0 Å². The summed E-state index contributed by atoms with van der Waals surface area (Å²) in [6.45, 7) is 4.00. The van der Waals surface area contributed by atoms with Gasteiger partial charge in [0.2, 0.25) is 0 Å². The normalized spacial score (nSPS) is 11.0. The van der Waals surface area contributed by atoms with Crippen LogP contribution in [0.4, 0.5) is 19.0 Å². The average Bonchev–Trinajstić information content (AvgIpc) is 2.30. The summed E-state index contributed by atoms with van der Waals surface area (Å²) >= 11 is 3.09. The summed E-state index contributed by atoms with van der Waals surface area (Å²) in [5.41, 5.74) is 4.43. The Labute approximate surface area is 111 Å². The number of rotatable bonds is 0. The van der Waals surface area contributed by atoms with Crippen molar-refractivity contribution in [2.24, 2.45) is 0 Å². The number of hydrogen-bond donors (Lipinski definition) is 1. The lowest BCUT2D eigenvalue weighted by molar-refractivity contribution is -0.135. The Morgan fingerprint density at radius 2 is 1.61 bits per heavy atom. The predicted octanol–water partition coefficient (Wildman–Crippen LogP) is 4.62. The molecule has 1 aromatic carbocycles. The molecule has 0 spiro atoms. The van der Waals surface area contributed by atoms with Crippen LogP contribution in [0, 0.1) is 0 Å². The first kappa shape index (κ1) is 14.8. The van der Waals surface area contributed by atoms with E-state index in [1.165, 1.54) is 12.1 Å². The van der Waals surface area contributed by atoms with Gasteiger partial charge in [-0.15, -0.1) is 0 Å². The Morgan fingerprint density at radius 1 is 1.11 bits per heavy atom. The number of alkyl halides is 3. The molecule has 0 radical (unpaired) electrons. The van der Waals surface area contributed by atoms with Crippen molar-refractivity contribution in [2.75, 3.05) is 5.73 Å². The van der Waals surface area contributed by atoms with E-state index in [1.54, 1.807) is 12.1 Å². The molecule has 2 aromatic rings. The highest BCUT2D eigenvalue weighted by Gasteiger charge is 2.36. The van der Waals surface area contributed by atoms with E-state index in [-0.39, 0.29) is 5.39 Å². The summed E-state index contributed by atoms with van der Waals surface area (Å²) in [6.07, 6.45) is -4.50. The number of nitrogens with zero attached hydrogens (tertiary/aromatic N) is 1. The topological polar surface area (TPSA) is 38.9 Å². The monoisotopic (exact) mass is 320 g/mol. The Kier molecular flexibility index (Phi) is 4.56. The summed E-state index contributed by atoms with van der Waals surface area (Å²) in [5.74, 6) is -0.516. The second-order valence-electron chi connectivity index (χ2n) is 3.21. The minimum absolute atomic E-state index is 0.0503. The van der Waals surface area contributed by atoms with Gasteiger partial charge in [0.25, 0.3) is 0 Å². The van der Waals surface area contributed by atoms with Crippen LogP contribution in [0.5, 0.6) is 0 Å².